The SMILES string of the molecule is CCCCC(CC)COCC(O)CNCC1(O)CCOC1. The molecule has 1 saturated heterocycles. The number of unbranched alkanes of at least 4 members (excludes halogenated alkanes) is 1. The van der Waals surface area contributed by atoms with Crippen LogP contribution in [-0.2, 0) is 9.47 Å². The first-order chi connectivity index (χ1) is 10.1. The number of aliphatic hydroxyl groups excluding tert-OH is 1. The van der Waals surface area contributed by atoms with E-state index in [1.807, 2.05) is 0 Å². The molecular formula is C16H33NO4. The Kier molecular flexibility index (Phi) is 9.44. The standard InChI is InChI=1S/C16H33NO4/c1-3-5-6-14(4-2)10-21-11-15(18)9-17-12-16(19)7-8-20-13-16/h14-15,17-19H,3-13H2,1-2H3. The molecule has 1 heterocycles. The van der Waals surface area contributed by atoms with Crippen molar-refractivity contribution in [3.05, 3.63) is 0 Å². The monoisotopic (exact) mass is 303 g/mol. The van der Waals surface area contributed by atoms with Crippen molar-refractivity contribution >= 4 is 0 Å². The minimum Gasteiger partial charge on any atom is -0.389 e. The van der Waals surface area contributed by atoms with Gasteiger partial charge in [-0.05, 0) is 12.3 Å². The molecule has 0 aromatic carbocycles. The predicted molar refractivity (Wildman–Crippen MR) is 83.4 cm³/mol. The third kappa shape index (κ3) is 8.12. The van der Waals surface area contributed by atoms with E-state index in [9.17, 15) is 10.2 Å². The Morgan fingerprint density at radius 1 is 1.33 bits per heavy atom. The Morgan fingerprint density at radius 2 is 2.14 bits per heavy atom. The molecule has 0 spiro atoms. The molecule has 21 heavy (non-hydrogen) atoms. The van der Waals surface area contributed by atoms with E-state index in [4.69, 9.17) is 9.47 Å². The van der Waals surface area contributed by atoms with E-state index in [2.05, 4.69) is 19.2 Å². The van der Waals surface area contributed by atoms with Gasteiger partial charge in [0.05, 0.1) is 19.3 Å². The molecule has 0 aromatic heterocycles. The van der Waals surface area contributed by atoms with Gasteiger partial charge in [0.25, 0.3) is 0 Å². The van der Waals surface area contributed by atoms with Crippen molar-refractivity contribution in [3.8, 4) is 0 Å². The molecule has 3 N–H and O–H groups in total. The van der Waals surface area contributed by atoms with Crippen molar-refractivity contribution in [2.24, 2.45) is 5.92 Å². The van der Waals surface area contributed by atoms with Gasteiger partial charge in [0.2, 0.25) is 0 Å². The van der Waals surface area contributed by atoms with Crippen LogP contribution >= 0.6 is 0 Å². The molecule has 1 aliphatic rings. The highest BCUT2D eigenvalue weighted by molar-refractivity contribution is 4.85. The van der Waals surface area contributed by atoms with Crippen LogP contribution in [0.3, 0.4) is 0 Å². The second-order valence-corrected chi connectivity index (χ2v) is 6.27. The van der Waals surface area contributed by atoms with Crippen molar-refractivity contribution in [1.82, 2.24) is 5.32 Å². The third-order valence-electron chi connectivity index (χ3n) is 4.12. The molecule has 0 radical (unpaired) electrons. The number of nitrogens with one attached hydrogen (secondary N) is 1. The predicted octanol–water partition coefficient (Wildman–Crippen LogP) is 1.32. The molecule has 1 fully saturated rings. The maximum absolute atomic E-state index is 10.1. The molecule has 3 atom stereocenters. The van der Waals surface area contributed by atoms with Crippen LogP contribution in [0.1, 0.15) is 46.0 Å². The van der Waals surface area contributed by atoms with Gasteiger partial charge in [-0.2, -0.15) is 0 Å². The van der Waals surface area contributed by atoms with Crippen LogP contribution < -0.4 is 5.32 Å². The summed E-state index contributed by atoms with van der Waals surface area (Å²) in [6, 6.07) is 0. The first-order valence-corrected chi connectivity index (χ1v) is 8.36. The van der Waals surface area contributed by atoms with E-state index < -0.39 is 11.7 Å². The fourth-order valence-corrected chi connectivity index (χ4v) is 2.54. The smallest absolute Gasteiger partial charge is 0.102 e. The van der Waals surface area contributed by atoms with Gasteiger partial charge in [-0.1, -0.05) is 33.1 Å². The molecule has 0 aliphatic carbocycles. The molecule has 0 aromatic rings. The van der Waals surface area contributed by atoms with Crippen molar-refractivity contribution in [3.63, 3.8) is 0 Å². The quantitative estimate of drug-likeness (QED) is 0.507. The summed E-state index contributed by atoms with van der Waals surface area (Å²) in [6.45, 7) is 7.35. The summed E-state index contributed by atoms with van der Waals surface area (Å²) in [5, 5.41) is 23.0. The largest absolute Gasteiger partial charge is 0.389 e. The van der Waals surface area contributed by atoms with Gasteiger partial charge < -0.3 is 25.0 Å². The van der Waals surface area contributed by atoms with Crippen LogP contribution in [0.5, 0.6) is 0 Å². The fraction of sp³-hybridized carbons (Fsp3) is 1.00. The highest BCUT2D eigenvalue weighted by Crippen LogP contribution is 2.16. The summed E-state index contributed by atoms with van der Waals surface area (Å²) in [6.07, 6.45) is 4.92. The maximum atomic E-state index is 10.1. The molecule has 0 bridgehead atoms. The lowest BCUT2D eigenvalue weighted by Gasteiger charge is -2.22. The van der Waals surface area contributed by atoms with Gasteiger partial charge in [-0.25, -0.2) is 0 Å². The first-order valence-electron chi connectivity index (χ1n) is 8.36. The summed E-state index contributed by atoms with van der Waals surface area (Å²) < 4.78 is 10.8. The Morgan fingerprint density at radius 3 is 2.76 bits per heavy atom. The number of rotatable bonds is 12. The van der Waals surface area contributed by atoms with Gasteiger partial charge >= 0.3 is 0 Å². The van der Waals surface area contributed by atoms with E-state index in [1.54, 1.807) is 0 Å². The fourth-order valence-electron chi connectivity index (χ4n) is 2.54. The number of aliphatic hydroxyl groups is 2. The lowest BCUT2D eigenvalue weighted by atomic mass is 10.0. The van der Waals surface area contributed by atoms with Gasteiger partial charge in [-0.3, -0.25) is 0 Å². The molecule has 1 rings (SSSR count). The zero-order chi connectivity index (χ0) is 15.6. The van der Waals surface area contributed by atoms with E-state index in [-0.39, 0.29) is 0 Å². The summed E-state index contributed by atoms with van der Waals surface area (Å²) in [7, 11) is 0. The van der Waals surface area contributed by atoms with Crippen LogP contribution in [0.25, 0.3) is 0 Å². The first kappa shape index (κ1) is 18.8. The van der Waals surface area contributed by atoms with Crippen LogP contribution in [0, 0.1) is 5.92 Å². The maximum Gasteiger partial charge on any atom is 0.102 e. The summed E-state index contributed by atoms with van der Waals surface area (Å²) in [5.74, 6) is 0.599. The highest BCUT2D eigenvalue weighted by atomic mass is 16.5. The molecule has 0 saturated carbocycles. The van der Waals surface area contributed by atoms with Crippen LogP contribution in [0.4, 0.5) is 0 Å². The Balaban J connectivity index is 2.03. The van der Waals surface area contributed by atoms with Gasteiger partial charge in [0, 0.05) is 32.7 Å². The van der Waals surface area contributed by atoms with Gasteiger partial charge in [-0.15, -0.1) is 0 Å². The molecular weight excluding hydrogens is 270 g/mol. The second kappa shape index (κ2) is 10.5. The minimum absolute atomic E-state index is 0.352. The summed E-state index contributed by atoms with van der Waals surface area (Å²) in [5.41, 5.74) is -0.770. The Bertz CT molecular complexity index is 257. The number of ether oxygens (including phenoxy) is 2. The summed E-state index contributed by atoms with van der Waals surface area (Å²) in [4.78, 5) is 0. The van der Waals surface area contributed by atoms with Crippen molar-refractivity contribution in [2.75, 3.05) is 39.5 Å². The van der Waals surface area contributed by atoms with Crippen LogP contribution in [-0.4, -0.2) is 61.4 Å². The van der Waals surface area contributed by atoms with E-state index in [0.717, 1.165) is 13.0 Å². The number of hydrogen-bond acceptors (Lipinski definition) is 5. The zero-order valence-electron chi connectivity index (χ0n) is 13.6. The van der Waals surface area contributed by atoms with Crippen LogP contribution in [0.2, 0.25) is 0 Å². The Labute approximate surface area is 129 Å². The molecule has 126 valence electrons. The molecule has 5 nitrogen and oxygen atoms in total. The molecule has 5 heteroatoms. The van der Waals surface area contributed by atoms with E-state index in [1.165, 1.54) is 19.3 Å². The normalized spacial score (nSPS) is 25.1. The zero-order valence-corrected chi connectivity index (χ0v) is 13.6. The minimum atomic E-state index is -0.770. The number of hydrogen-bond donors (Lipinski definition) is 3. The van der Waals surface area contributed by atoms with E-state index >= 15 is 0 Å². The van der Waals surface area contributed by atoms with Gasteiger partial charge in [0.1, 0.15) is 5.60 Å². The topological polar surface area (TPSA) is 71.0 Å². The van der Waals surface area contributed by atoms with Crippen molar-refractivity contribution in [1.29, 1.82) is 0 Å². The average molecular weight is 303 g/mol. The third-order valence-corrected chi connectivity index (χ3v) is 4.12. The molecule has 0 amide bonds. The lowest BCUT2D eigenvalue weighted by molar-refractivity contribution is 0.00710. The van der Waals surface area contributed by atoms with Crippen LogP contribution in [0.15, 0.2) is 0 Å². The summed E-state index contributed by atoms with van der Waals surface area (Å²) >= 11 is 0. The second-order valence-electron chi connectivity index (χ2n) is 6.27. The van der Waals surface area contributed by atoms with Crippen molar-refractivity contribution < 1.29 is 19.7 Å². The molecule has 3 unspecified atom stereocenters. The van der Waals surface area contributed by atoms with Gasteiger partial charge in [0.15, 0.2) is 0 Å². The van der Waals surface area contributed by atoms with E-state index in [0.29, 0.717) is 45.2 Å². The lowest BCUT2D eigenvalue weighted by Crippen LogP contribution is -2.44. The molecule has 1 aliphatic heterocycles. The van der Waals surface area contributed by atoms with Crippen molar-refractivity contribution in [2.45, 2.75) is 57.7 Å². The average Bonchev–Trinajstić information content (AvgIpc) is 2.89. The highest BCUT2D eigenvalue weighted by Gasteiger charge is 2.31. The Hall–Kier alpha value is -0.200.